The second-order valence-electron chi connectivity index (χ2n) is 9.19. The van der Waals surface area contributed by atoms with Gasteiger partial charge in [-0.1, -0.05) is 37.6 Å². The number of aromatic nitrogens is 3. The highest BCUT2D eigenvalue weighted by Crippen LogP contribution is 2.46. The van der Waals surface area contributed by atoms with Gasteiger partial charge in [0.05, 0.1) is 14.2 Å². The van der Waals surface area contributed by atoms with E-state index in [0.717, 1.165) is 28.8 Å². The Morgan fingerprint density at radius 3 is 2.48 bits per heavy atom. The van der Waals surface area contributed by atoms with Crippen LogP contribution < -0.4 is 14.8 Å². The highest BCUT2D eigenvalue weighted by Gasteiger charge is 2.41. The zero-order valence-electron chi connectivity index (χ0n) is 19.0. The van der Waals surface area contributed by atoms with Crippen LogP contribution in [0.5, 0.6) is 11.5 Å². The fraction of sp³-hybridized carbons (Fsp3) is 0.320. The average Bonchev–Trinajstić information content (AvgIpc) is 3.20. The van der Waals surface area contributed by atoms with Crippen LogP contribution in [0.25, 0.3) is 11.4 Å². The van der Waals surface area contributed by atoms with Crippen LogP contribution in [0.1, 0.15) is 38.3 Å². The topological polar surface area (TPSA) is 78.3 Å². The molecule has 5 rings (SSSR count). The summed E-state index contributed by atoms with van der Waals surface area (Å²) in [6.07, 6.45) is 1.25. The number of nitrogens with one attached hydrogen (secondary N) is 1. The summed E-state index contributed by atoms with van der Waals surface area (Å²) in [5.41, 5.74) is 3.26. The molecule has 33 heavy (non-hydrogen) atoms. The number of methoxy groups -OCH3 is 2. The number of rotatable bonds is 4. The molecule has 0 spiro atoms. The molecule has 2 aromatic carbocycles. The molecule has 2 heterocycles. The van der Waals surface area contributed by atoms with E-state index in [2.05, 4.69) is 19.2 Å². The van der Waals surface area contributed by atoms with Gasteiger partial charge in [0.1, 0.15) is 6.04 Å². The molecule has 0 bridgehead atoms. The molecule has 8 heteroatoms. The third-order valence-electron chi connectivity index (χ3n) is 6.16. The van der Waals surface area contributed by atoms with Gasteiger partial charge in [-0.3, -0.25) is 4.79 Å². The number of anilines is 1. The highest BCUT2D eigenvalue weighted by molar-refractivity contribution is 6.30. The van der Waals surface area contributed by atoms with E-state index in [-0.39, 0.29) is 17.2 Å². The number of Topliss-reactive ketones (excluding diaryl/α,β-unsaturated/α-hetero) is 1. The minimum Gasteiger partial charge on any atom is -0.493 e. The third-order valence-corrected chi connectivity index (χ3v) is 6.41. The van der Waals surface area contributed by atoms with Gasteiger partial charge in [-0.25, -0.2) is 4.68 Å². The van der Waals surface area contributed by atoms with Crippen molar-refractivity contribution in [3.63, 3.8) is 0 Å². The Labute approximate surface area is 197 Å². The van der Waals surface area contributed by atoms with Crippen LogP contribution in [-0.4, -0.2) is 34.8 Å². The quantitative estimate of drug-likeness (QED) is 0.566. The Hall–Kier alpha value is -3.32. The molecule has 7 nitrogen and oxygen atoms in total. The fourth-order valence-corrected chi connectivity index (χ4v) is 4.79. The van der Waals surface area contributed by atoms with E-state index in [1.165, 1.54) is 0 Å². The molecule has 2 aliphatic rings. The van der Waals surface area contributed by atoms with Gasteiger partial charge in [-0.2, -0.15) is 4.98 Å². The van der Waals surface area contributed by atoms with Crippen LogP contribution in [0.2, 0.25) is 5.02 Å². The molecule has 0 saturated heterocycles. The molecule has 1 N–H and O–H groups in total. The highest BCUT2D eigenvalue weighted by atomic mass is 35.5. The Morgan fingerprint density at radius 1 is 1.06 bits per heavy atom. The summed E-state index contributed by atoms with van der Waals surface area (Å²) >= 11 is 6.14. The standard InChI is InChI=1S/C25H25ClN4O3/c1-25(2)12-17-21(18(31)13-25)22(14-5-8-16(26)9-6-14)30-24(27-17)28-23(29-30)15-7-10-19(32-3)20(11-15)33-4/h5-11,22H,12-13H2,1-4H3,(H,27,28,29). The Morgan fingerprint density at radius 2 is 1.79 bits per heavy atom. The normalized spacial score (nSPS) is 18.9. The lowest BCUT2D eigenvalue weighted by Crippen LogP contribution is -2.36. The first-order chi connectivity index (χ1) is 15.8. The first-order valence-corrected chi connectivity index (χ1v) is 11.1. The van der Waals surface area contributed by atoms with Gasteiger partial charge in [-0.15, -0.1) is 5.10 Å². The number of carbonyl (C=O) groups is 1. The molecule has 1 atom stereocenters. The van der Waals surface area contributed by atoms with Crippen molar-refractivity contribution >= 4 is 23.3 Å². The SMILES string of the molecule is COc1ccc(-c2nc3n(n2)C(c2ccc(Cl)cc2)C2=C(CC(C)(C)CC2=O)N3)cc1OC. The van der Waals surface area contributed by atoms with Gasteiger partial charge in [0.15, 0.2) is 23.1 Å². The van der Waals surface area contributed by atoms with Crippen LogP contribution in [0, 0.1) is 5.41 Å². The second-order valence-corrected chi connectivity index (χ2v) is 9.62. The van der Waals surface area contributed by atoms with Gasteiger partial charge in [0.25, 0.3) is 0 Å². The van der Waals surface area contributed by atoms with Crippen molar-refractivity contribution in [1.29, 1.82) is 0 Å². The van der Waals surface area contributed by atoms with Gasteiger partial charge >= 0.3 is 0 Å². The summed E-state index contributed by atoms with van der Waals surface area (Å²) in [7, 11) is 3.19. The number of hydrogen-bond acceptors (Lipinski definition) is 6. The summed E-state index contributed by atoms with van der Waals surface area (Å²) in [5, 5.41) is 8.87. The minimum atomic E-state index is -0.376. The lowest BCUT2D eigenvalue weighted by atomic mass is 9.73. The minimum absolute atomic E-state index is 0.123. The zero-order valence-corrected chi connectivity index (χ0v) is 19.7. The molecule has 170 valence electrons. The van der Waals surface area contributed by atoms with Gasteiger partial charge in [0, 0.05) is 28.3 Å². The first kappa shape index (κ1) is 21.5. The number of halogens is 1. The number of allylic oxidation sites excluding steroid dienone is 2. The maximum absolute atomic E-state index is 13.3. The van der Waals surface area contributed by atoms with Crippen molar-refractivity contribution in [2.24, 2.45) is 5.41 Å². The summed E-state index contributed by atoms with van der Waals surface area (Å²) in [6, 6.07) is 12.7. The number of ether oxygens (including phenoxy) is 2. The Kier molecular flexibility index (Phi) is 5.16. The Balaban J connectivity index is 1.65. The molecule has 0 fully saturated rings. The molecule has 1 aliphatic heterocycles. The molecule has 1 aliphatic carbocycles. The maximum Gasteiger partial charge on any atom is 0.226 e. The van der Waals surface area contributed by atoms with Crippen molar-refractivity contribution in [1.82, 2.24) is 14.8 Å². The lowest BCUT2D eigenvalue weighted by Gasteiger charge is -2.38. The number of fused-ring (bicyclic) bond motifs is 1. The predicted molar refractivity (Wildman–Crippen MR) is 127 cm³/mol. The summed E-state index contributed by atoms with van der Waals surface area (Å²) in [5.74, 6) is 2.49. The van der Waals surface area contributed by atoms with Crippen LogP contribution in [0.4, 0.5) is 5.95 Å². The first-order valence-electron chi connectivity index (χ1n) is 10.8. The van der Waals surface area contributed by atoms with Crippen molar-refractivity contribution in [2.45, 2.75) is 32.7 Å². The number of hydrogen-bond donors (Lipinski definition) is 1. The second kappa shape index (κ2) is 7.92. The number of ketones is 1. The van der Waals surface area contributed by atoms with Gasteiger partial charge in [-0.05, 0) is 47.7 Å². The number of nitrogens with zero attached hydrogens (tertiary/aromatic N) is 3. The summed E-state index contributed by atoms with van der Waals surface area (Å²) in [6.45, 7) is 4.23. The third kappa shape index (κ3) is 3.76. The van der Waals surface area contributed by atoms with Crippen LogP contribution in [0.3, 0.4) is 0 Å². The average molecular weight is 465 g/mol. The molecule has 3 aromatic rings. The van der Waals surface area contributed by atoms with Gasteiger partial charge in [0.2, 0.25) is 5.95 Å². The van der Waals surface area contributed by atoms with E-state index in [9.17, 15) is 4.79 Å². The Bertz CT molecular complexity index is 1280. The summed E-state index contributed by atoms with van der Waals surface area (Å²) in [4.78, 5) is 18.1. The molecule has 0 amide bonds. The van der Waals surface area contributed by atoms with E-state index in [0.29, 0.717) is 34.7 Å². The summed E-state index contributed by atoms with van der Waals surface area (Å²) < 4.78 is 12.6. The van der Waals surface area contributed by atoms with E-state index in [1.807, 2.05) is 42.5 Å². The monoisotopic (exact) mass is 464 g/mol. The molecule has 0 radical (unpaired) electrons. The van der Waals surface area contributed by atoms with Crippen molar-refractivity contribution in [2.75, 3.05) is 19.5 Å². The van der Waals surface area contributed by atoms with Crippen LogP contribution in [-0.2, 0) is 4.79 Å². The molecule has 0 saturated carbocycles. The maximum atomic E-state index is 13.3. The van der Waals surface area contributed by atoms with E-state index >= 15 is 0 Å². The van der Waals surface area contributed by atoms with Crippen LogP contribution in [0.15, 0.2) is 53.7 Å². The predicted octanol–water partition coefficient (Wildman–Crippen LogP) is 5.27. The van der Waals surface area contributed by atoms with E-state index in [4.69, 9.17) is 31.2 Å². The van der Waals surface area contributed by atoms with E-state index < -0.39 is 0 Å². The van der Waals surface area contributed by atoms with E-state index in [1.54, 1.807) is 18.9 Å². The number of benzene rings is 2. The van der Waals surface area contributed by atoms with Crippen molar-refractivity contribution < 1.29 is 14.3 Å². The molecular formula is C25H25ClN4O3. The van der Waals surface area contributed by atoms with Crippen molar-refractivity contribution in [3.05, 3.63) is 64.3 Å². The number of carbonyl (C=O) groups excluding carboxylic acids is 1. The van der Waals surface area contributed by atoms with Crippen molar-refractivity contribution in [3.8, 4) is 22.9 Å². The molecular weight excluding hydrogens is 440 g/mol. The largest absolute Gasteiger partial charge is 0.493 e. The van der Waals surface area contributed by atoms with Gasteiger partial charge < -0.3 is 14.8 Å². The smallest absolute Gasteiger partial charge is 0.226 e. The van der Waals surface area contributed by atoms with Crippen LogP contribution >= 0.6 is 11.6 Å². The zero-order chi connectivity index (χ0) is 23.3. The lowest BCUT2D eigenvalue weighted by molar-refractivity contribution is -0.118. The molecule has 1 aromatic heterocycles. The fourth-order valence-electron chi connectivity index (χ4n) is 4.66. The molecule has 1 unspecified atom stereocenters.